The number of carbonyl (C=O) groups excluding carboxylic acids is 2. The fraction of sp³-hybridized carbons (Fsp3) is 0.429. The van der Waals surface area contributed by atoms with Gasteiger partial charge in [0, 0.05) is 12.1 Å². The monoisotopic (exact) mass is 354 g/mol. The molecule has 0 aromatic heterocycles. The van der Waals surface area contributed by atoms with Crippen molar-refractivity contribution in [1.29, 1.82) is 0 Å². The molecule has 1 atom stereocenters. The molecule has 5 heteroatoms. The smallest absolute Gasteiger partial charge is 0.337 e. The normalized spacial score (nSPS) is 16.7. The molecule has 1 heterocycles. The van der Waals surface area contributed by atoms with Gasteiger partial charge in [-0.05, 0) is 18.9 Å². The van der Waals surface area contributed by atoms with Gasteiger partial charge in [0.05, 0.1) is 25.3 Å². The number of carbonyl (C=O) groups is 2. The molecule has 1 aromatic rings. The number of nitrogens with one attached hydrogen (secondary N) is 1. The van der Waals surface area contributed by atoms with Crippen molar-refractivity contribution in [3.63, 3.8) is 0 Å². The highest BCUT2D eigenvalue weighted by Crippen LogP contribution is 2.30. The van der Waals surface area contributed by atoms with Crippen molar-refractivity contribution in [3.05, 3.63) is 47.2 Å². The second kappa shape index (κ2) is 9.67. The van der Waals surface area contributed by atoms with Crippen LogP contribution in [-0.2, 0) is 9.53 Å². The van der Waals surface area contributed by atoms with Gasteiger partial charge in [-0.1, -0.05) is 56.0 Å². The lowest BCUT2D eigenvalue weighted by Gasteiger charge is -2.34. The Kier molecular flexibility index (Phi) is 7.28. The summed E-state index contributed by atoms with van der Waals surface area (Å²) in [5, 5.41) is 2.90. The summed E-state index contributed by atoms with van der Waals surface area (Å²) in [5.41, 5.74) is 1.86. The molecular weight excluding hydrogens is 328 g/mol. The molecule has 0 radical (unpaired) electrons. The molecule has 0 fully saturated rings. The van der Waals surface area contributed by atoms with E-state index in [0.717, 1.165) is 31.2 Å². The van der Waals surface area contributed by atoms with Gasteiger partial charge >= 0.3 is 12.0 Å². The third kappa shape index (κ3) is 4.66. The molecule has 2 rings (SSSR count). The molecule has 1 unspecified atom stereocenters. The lowest BCUT2D eigenvalue weighted by molar-refractivity contribution is -0.136. The highest BCUT2D eigenvalue weighted by Gasteiger charge is 2.35. The van der Waals surface area contributed by atoms with Crippen LogP contribution in [-0.4, -0.2) is 30.6 Å². The molecule has 1 aromatic carbocycles. The van der Waals surface area contributed by atoms with E-state index in [1.54, 1.807) is 6.92 Å². The van der Waals surface area contributed by atoms with Crippen molar-refractivity contribution in [2.45, 2.75) is 45.6 Å². The molecule has 0 spiro atoms. The van der Waals surface area contributed by atoms with Crippen molar-refractivity contribution in [1.82, 2.24) is 10.2 Å². The zero-order valence-corrected chi connectivity index (χ0v) is 15.7. The largest absolute Gasteiger partial charge is 0.466 e. The minimum Gasteiger partial charge on any atom is -0.466 e. The quantitative estimate of drug-likeness (QED) is 0.480. The Morgan fingerprint density at radius 2 is 1.96 bits per heavy atom. The van der Waals surface area contributed by atoms with Crippen LogP contribution in [0.15, 0.2) is 41.6 Å². The first kappa shape index (κ1) is 19.6. The lowest BCUT2D eigenvalue weighted by Crippen LogP contribution is -2.48. The predicted molar refractivity (Wildman–Crippen MR) is 101 cm³/mol. The molecule has 0 saturated carbocycles. The summed E-state index contributed by atoms with van der Waals surface area (Å²) in [4.78, 5) is 26.4. The summed E-state index contributed by atoms with van der Waals surface area (Å²) in [6.07, 6.45) is 4.20. The highest BCUT2D eigenvalue weighted by atomic mass is 16.5. The van der Waals surface area contributed by atoms with Crippen LogP contribution < -0.4 is 5.32 Å². The van der Waals surface area contributed by atoms with E-state index in [1.807, 2.05) is 30.3 Å². The first-order valence-electron chi connectivity index (χ1n) is 8.97. The zero-order chi connectivity index (χ0) is 18.9. The number of urea groups is 1. The molecule has 138 valence electrons. The van der Waals surface area contributed by atoms with E-state index in [4.69, 9.17) is 4.74 Å². The zero-order valence-electron chi connectivity index (χ0n) is 15.7. The molecule has 1 aliphatic heterocycles. The summed E-state index contributed by atoms with van der Waals surface area (Å²) in [6, 6.07) is 8.62. The number of hydrogen-bond donors (Lipinski definition) is 1. The first-order chi connectivity index (χ1) is 12.6. The Labute approximate surface area is 155 Å². The third-order valence-electron chi connectivity index (χ3n) is 4.40. The van der Waals surface area contributed by atoms with Gasteiger partial charge in [-0.2, -0.15) is 0 Å². The fourth-order valence-electron chi connectivity index (χ4n) is 2.93. The van der Waals surface area contributed by atoms with Crippen LogP contribution in [0.4, 0.5) is 4.79 Å². The number of amides is 2. The van der Waals surface area contributed by atoms with Crippen LogP contribution in [0.25, 0.3) is 0 Å². The molecule has 0 saturated heterocycles. The number of esters is 1. The van der Waals surface area contributed by atoms with Crippen molar-refractivity contribution >= 4 is 12.0 Å². The van der Waals surface area contributed by atoms with Gasteiger partial charge in [-0.15, -0.1) is 5.92 Å². The molecule has 0 bridgehead atoms. The van der Waals surface area contributed by atoms with E-state index < -0.39 is 12.0 Å². The predicted octanol–water partition coefficient (Wildman–Crippen LogP) is 3.78. The molecule has 0 aliphatic carbocycles. The van der Waals surface area contributed by atoms with Crippen molar-refractivity contribution in [2.75, 3.05) is 13.7 Å². The average Bonchev–Trinajstić information content (AvgIpc) is 2.66. The highest BCUT2D eigenvalue weighted by molar-refractivity contribution is 5.95. The number of rotatable bonds is 6. The molecule has 26 heavy (non-hydrogen) atoms. The molecule has 5 nitrogen and oxygen atoms in total. The maximum Gasteiger partial charge on any atom is 0.337 e. The number of methoxy groups -OCH3 is 1. The van der Waals surface area contributed by atoms with Crippen molar-refractivity contribution in [2.24, 2.45) is 0 Å². The van der Waals surface area contributed by atoms with E-state index in [-0.39, 0.29) is 12.6 Å². The number of ether oxygens (including phenoxy) is 1. The maximum absolute atomic E-state index is 12.6. The standard InChI is InChI=1S/C21H26N2O3/c1-4-5-6-7-8-12-15-23-16(2)18(20(24)26-3)19(22-21(23)25)17-13-10-9-11-14-17/h9-11,13-14,19H,4-7,15H2,1-3H3,(H,22,25). The van der Waals surface area contributed by atoms with Crippen LogP contribution in [0.2, 0.25) is 0 Å². The van der Waals surface area contributed by atoms with Gasteiger partial charge < -0.3 is 10.1 Å². The first-order valence-corrected chi connectivity index (χ1v) is 8.97. The summed E-state index contributed by atoms with van der Waals surface area (Å²) < 4.78 is 4.95. The fourth-order valence-corrected chi connectivity index (χ4v) is 2.93. The molecule has 2 amide bonds. The average molecular weight is 354 g/mol. The summed E-state index contributed by atoms with van der Waals surface area (Å²) >= 11 is 0. The lowest BCUT2D eigenvalue weighted by atomic mass is 9.95. The van der Waals surface area contributed by atoms with Gasteiger partial charge in [-0.25, -0.2) is 9.59 Å². The van der Waals surface area contributed by atoms with Gasteiger partial charge in [0.15, 0.2) is 0 Å². The van der Waals surface area contributed by atoms with E-state index in [9.17, 15) is 9.59 Å². The number of nitrogens with zero attached hydrogens (tertiary/aromatic N) is 1. The second-order valence-corrected chi connectivity index (χ2v) is 6.18. The summed E-state index contributed by atoms with van der Waals surface area (Å²) in [6.45, 7) is 4.17. The number of benzene rings is 1. The van der Waals surface area contributed by atoms with E-state index in [1.165, 1.54) is 12.0 Å². The molecule has 1 N–H and O–H groups in total. The van der Waals surface area contributed by atoms with Crippen LogP contribution in [0.3, 0.4) is 0 Å². The van der Waals surface area contributed by atoms with E-state index in [2.05, 4.69) is 24.1 Å². The minimum absolute atomic E-state index is 0.256. The third-order valence-corrected chi connectivity index (χ3v) is 4.40. The Balaban J connectivity index is 2.25. The van der Waals surface area contributed by atoms with Gasteiger partial charge in [0.25, 0.3) is 0 Å². The Hall–Kier alpha value is -2.74. The van der Waals surface area contributed by atoms with E-state index >= 15 is 0 Å². The van der Waals surface area contributed by atoms with Gasteiger partial charge in [0.2, 0.25) is 0 Å². The Bertz CT molecular complexity index is 729. The number of unbranched alkanes of at least 4 members (excludes halogenated alkanes) is 3. The van der Waals surface area contributed by atoms with Crippen LogP contribution >= 0.6 is 0 Å². The van der Waals surface area contributed by atoms with Gasteiger partial charge in [0.1, 0.15) is 0 Å². The Morgan fingerprint density at radius 3 is 2.62 bits per heavy atom. The SMILES string of the molecule is CCCCCC#CCN1C(=O)NC(c2ccccc2)C(C(=O)OC)=C1C. The second-order valence-electron chi connectivity index (χ2n) is 6.18. The summed E-state index contributed by atoms with van der Waals surface area (Å²) in [7, 11) is 1.35. The Morgan fingerprint density at radius 1 is 1.23 bits per heavy atom. The minimum atomic E-state index is -0.523. The van der Waals surface area contributed by atoms with Crippen LogP contribution in [0.5, 0.6) is 0 Å². The topological polar surface area (TPSA) is 58.6 Å². The van der Waals surface area contributed by atoms with Crippen LogP contribution in [0.1, 0.15) is 51.1 Å². The van der Waals surface area contributed by atoms with Crippen LogP contribution in [0, 0.1) is 11.8 Å². The molecule has 1 aliphatic rings. The maximum atomic E-state index is 12.6. The van der Waals surface area contributed by atoms with Crippen molar-refractivity contribution in [3.8, 4) is 11.8 Å². The number of hydrogen-bond acceptors (Lipinski definition) is 3. The van der Waals surface area contributed by atoms with Crippen molar-refractivity contribution < 1.29 is 14.3 Å². The molecular formula is C21H26N2O3. The number of allylic oxidation sites excluding steroid dienone is 1. The summed E-state index contributed by atoms with van der Waals surface area (Å²) in [5.74, 6) is 5.69. The van der Waals surface area contributed by atoms with Gasteiger partial charge in [-0.3, -0.25) is 4.90 Å². The van der Waals surface area contributed by atoms with E-state index in [0.29, 0.717) is 11.3 Å².